The van der Waals surface area contributed by atoms with Gasteiger partial charge in [0.1, 0.15) is 0 Å². The fourth-order valence-corrected chi connectivity index (χ4v) is 17.9. The Bertz CT molecular complexity index is 1670. The molecule has 2 saturated carbocycles. The van der Waals surface area contributed by atoms with Crippen molar-refractivity contribution in [3.05, 3.63) is 104 Å². The molecule has 0 aliphatic heterocycles. The molecular formula is C44H56ClO4P2RhS2-. The fourth-order valence-electron chi connectivity index (χ4n) is 8.31. The average molecular weight is 913 g/mol. The standard InChI is InChI=1S/C36H44P2S2.C8H12.ClHO4.Rh/c1-25-33(35(27(3)39-25)37(29-17-9-5-10-18-29)30-19-11-6-12-20-30)34-26(2)40-28(4)36(34)38(31-21-13-7-14-22-31)32-23-15-8-16-24-32;1-2-4-6-8-7-5-3-1;2-1(3,4)5;/h5-6,9-12,17-20,31-32H,7-8,13-16,21-24H2,1-4H3;1-2,7-8H,3-6H2;(H,2,3,4,5);/p-1/b;2-1-,8-7-;;. The van der Waals surface area contributed by atoms with Crippen LogP contribution >= 0.6 is 38.5 Å². The molecule has 0 atom stereocenters. The molecule has 3 aliphatic carbocycles. The van der Waals surface area contributed by atoms with Crippen LogP contribution in [-0.2, 0) is 19.5 Å². The van der Waals surface area contributed by atoms with E-state index in [4.69, 9.17) is 18.6 Å². The van der Waals surface area contributed by atoms with Crippen LogP contribution in [0.15, 0.2) is 85.0 Å². The molecule has 54 heavy (non-hydrogen) atoms. The Morgan fingerprint density at radius 3 is 1.20 bits per heavy atom. The van der Waals surface area contributed by atoms with E-state index < -0.39 is 18.2 Å². The zero-order valence-electron chi connectivity index (χ0n) is 32.2. The Labute approximate surface area is 350 Å². The number of aryl methyl sites for hydroxylation is 4. The van der Waals surface area contributed by atoms with Crippen molar-refractivity contribution in [1.29, 1.82) is 0 Å². The van der Waals surface area contributed by atoms with Gasteiger partial charge < -0.3 is 0 Å². The van der Waals surface area contributed by atoms with Gasteiger partial charge >= 0.3 is 0 Å². The number of rotatable bonds is 7. The van der Waals surface area contributed by atoms with Crippen LogP contribution < -0.4 is 39.9 Å². The molecule has 0 unspecified atom stereocenters. The normalized spacial score (nSPS) is 18.0. The molecule has 0 N–H and O–H groups in total. The summed E-state index contributed by atoms with van der Waals surface area (Å²) in [6.07, 6.45) is 28.5. The van der Waals surface area contributed by atoms with Crippen molar-refractivity contribution in [3.63, 3.8) is 0 Å². The first-order valence-corrected chi connectivity index (χ1v) is 25.0. The van der Waals surface area contributed by atoms with Crippen molar-refractivity contribution in [1.82, 2.24) is 0 Å². The third-order valence-electron chi connectivity index (χ3n) is 10.5. The van der Waals surface area contributed by atoms with Crippen LogP contribution in [0.2, 0.25) is 0 Å². The minimum atomic E-state index is -4.94. The van der Waals surface area contributed by atoms with Crippen molar-refractivity contribution >= 4 is 59.7 Å². The summed E-state index contributed by atoms with van der Waals surface area (Å²) < 4.78 is 34.0. The predicted molar refractivity (Wildman–Crippen MR) is 222 cm³/mol. The zero-order chi connectivity index (χ0) is 37.8. The van der Waals surface area contributed by atoms with Gasteiger partial charge in [-0.25, -0.2) is 18.6 Å². The van der Waals surface area contributed by atoms with Crippen LogP contribution in [0.4, 0.5) is 0 Å². The van der Waals surface area contributed by atoms with Crippen LogP contribution in [0.5, 0.6) is 0 Å². The molecule has 4 nitrogen and oxygen atoms in total. The maximum atomic E-state index is 8.49. The number of hydrogen-bond acceptors (Lipinski definition) is 6. The fraction of sp³-hybridized carbons (Fsp3) is 0.455. The molecular weight excluding hydrogens is 857 g/mol. The van der Waals surface area contributed by atoms with Crippen LogP contribution in [0.3, 0.4) is 0 Å². The minimum absolute atomic E-state index is 0. The molecule has 10 heteroatoms. The number of benzene rings is 2. The minimum Gasteiger partial charge on any atom is -0.222 e. The second-order valence-corrected chi connectivity index (χ2v) is 22.8. The monoisotopic (exact) mass is 912 g/mol. The van der Waals surface area contributed by atoms with Gasteiger partial charge in [0.25, 0.3) is 0 Å². The molecule has 0 amide bonds. The Morgan fingerprint density at radius 1 is 0.500 bits per heavy atom. The Hall–Kier alpha value is -1.07. The van der Waals surface area contributed by atoms with Crippen LogP contribution in [0.1, 0.15) is 109 Å². The van der Waals surface area contributed by atoms with E-state index in [9.17, 15) is 0 Å². The summed E-state index contributed by atoms with van der Waals surface area (Å²) in [4.78, 5) is 6.23. The van der Waals surface area contributed by atoms with E-state index in [1.165, 1.54) is 110 Å². The molecule has 4 aromatic rings. The third-order valence-corrected chi connectivity index (χ3v) is 19.1. The van der Waals surface area contributed by atoms with E-state index in [0.717, 1.165) is 11.3 Å². The van der Waals surface area contributed by atoms with E-state index in [-0.39, 0.29) is 27.4 Å². The summed E-state index contributed by atoms with van der Waals surface area (Å²) in [7, 11) is -5.73. The van der Waals surface area contributed by atoms with Crippen molar-refractivity contribution in [2.45, 2.75) is 129 Å². The van der Waals surface area contributed by atoms with E-state index in [2.05, 4.69) is 124 Å². The summed E-state index contributed by atoms with van der Waals surface area (Å²) in [5.74, 6) is 0. The quantitative estimate of drug-likeness (QED) is 0.106. The van der Waals surface area contributed by atoms with E-state index in [0.29, 0.717) is 0 Å². The Kier molecular flexibility index (Phi) is 19.2. The first-order valence-electron chi connectivity index (χ1n) is 19.3. The van der Waals surface area contributed by atoms with Crippen molar-refractivity contribution in [2.24, 2.45) is 0 Å². The summed E-state index contributed by atoms with van der Waals surface area (Å²) in [5, 5.41) is 6.39. The van der Waals surface area contributed by atoms with Gasteiger partial charge in [0.05, 0.1) is 0 Å². The first-order chi connectivity index (χ1) is 25.5. The van der Waals surface area contributed by atoms with Gasteiger partial charge in [-0.1, -0.05) is 131 Å². The summed E-state index contributed by atoms with van der Waals surface area (Å²) in [6, 6.07) is 22.8. The molecule has 295 valence electrons. The number of allylic oxidation sites excluding steroid dienone is 4. The average Bonchev–Trinajstić information content (AvgIpc) is 3.57. The SMILES string of the molecule is C1=C\CC/C=C\CC/1.Cc1sc(C)c(P(c2ccccc2)c2ccccc2)c1-c1c(C)sc(C)c1P(C1CCCCC1)C1CCCCC1.[O-][Cl+3]([O-])([O-])[O-].[Rh]. The van der Waals surface area contributed by atoms with Crippen molar-refractivity contribution < 1.29 is 48.4 Å². The van der Waals surface area contributed by atoms with Gasteiger partial charge in [-0.2, -0.15) is 0 Å². The molecule has 2 fully saturated rings. The third kappa shape index (κ3) is 13.0. The van der Waals surface area contributed by atoms with Gasteiger partial charge in [-0.05, 0) is 114 Å². The molecule has 0 spiro atoms. The topological polar surface area (TPSA) is 92.2 Å². The van der Waals surface area contributed by atoms with Crippen LogP contribution in [-0.4, -0.2) is 11.3 Å². The van der Waals surface area contributed by atoms with Crippen LogP contribution in [0.25, 0.3) is 11.1 Å². The molecule has 2 heterocycles. The predicted octanol–water partition coefficient (Wildman–Crippen LogP) is 8.16. The maximum absolute atomic E-state index is 8.49. The van der Waals surface area contributed by atoms with Gasteiger partial charge in [0.15, 0.2) is 0 Å². The number of thiophene rings is 2. The molecule has 2 aromatic heterocycles. The second kappa shape index (κ2) is 22.8. The summed E-state index contributed by atoms with van der Waals surface area (Å²) in [6.45, 7) is 9.73. The molecule has 7 rings (SSSR count). The summed E-state index contributed by atoms with van der Waals surface area (Å²) >= 11 is 4.15. The van der Waals surface area contributed by atoms with Gasteiger partial charge in [0, 0.05) is 55.4 Å². The number of halogens is 1. The van der Waals surface area contributed by atoms with Gasteiger partial charge in [-0.15, -0.1) is 32.9 Å². The Morgan fingerprint density at radius 2 is 0.833 bits per heavy atom. The van der Waals surface area contributed by atoms with Gasteiger partial charge in [-0.3, -0.25) is 0 Å². The smallest absolute Gasteiger partial charge is 0.0107 e. The molecule has 3 aliphatic rings. The Balaban J connectivity index is 0.000000396. The van der Waals surface area contributed by atoms with E-state index >= 15 is 0 Å². The molecule has 0 saturated heterocycles. The van der Waals surface area contributed by atoms with Crippen LogP contribution in [0, 0.1) is 37.9 Å². The summed E-state index contributed by atoms with van der Waals surface area (Å²) in [5.41, 5.74) is 5.12. The molecule has 2 aromatic carbocycles. The van der Waals surface area contributed by atoms with Gasteiger partial charge in [0.2, 0.25) is 0 Å². The zero-order valence-corrected chi connectivity index (χ0v) is 38.0. The van der Waals surface area contributed by atoms with E-state index in [1.807, 2.05) is 16.6 Å². The largest absolute Gasteiger partial charge is 0.222 e. The number of hydrogen-bond donors (Lipinski definition) is 0. The van der Waals surface area contributed by atoms with E-state index in [1.54, 1.807) is 26.2 Å². The molecule has 0 bridgehead atoms. The van der Waals surface area contributed by atoms with Crippen molar-refractivity contribution in [3.8, 4) is 11.1 Å². The first kappa shape index (κ1) is 45.6. The maximum Gasteiger partial charge on any atom is 0.0107 e. The second-order valence-electron chi connectivity index (χ2n) is 14.3. The molecule has 1 radical (unpaired) electrons. The van der Waals surface area contributed by atoms with Crippen molar-refractivity contribution in [2.75, 3.05) is 0 Å².